The van der Waals surface area contributed by atoms with Crippen molar-refractivity contribution in [3.8, 4) is 17.5 Å². The van der Waals surface area contributed by atoms with E-state index < -0.39 is 6.04 Å². The number of carbonyl (C=O) groups is 1. The van der Waals surface area contributed by atoms with E-state index in [1.165, 1.54) is 12.1 Å². The molecule has 2 N–H and O–H groups in total. The lowest BCUT2D eigenvalue weighted by molar-refractivity contribution is -0.120. The van der Waals surface area contributed by atoms with Crippen molar-refractivity contribution in [2.75, 3.05) is 11.9 Å². The third-order valence-corrected chi connectivity index (χ3v) is 3.76. The molecule has 7 nitrogen and oxygen atoms in total. The minimum absolute atomic E-state index is 0.0508. The Hall–Kier alpha value is -3.73. The van der Waals surface area contributed by atoms with Crippen molar-refractivity contribution in [1.82, 2.24) is 15.5 Å². The van der Waals surface area contributed by atoms with E-state index >= 15 is 0 Å². The Morgan fingerprint density at radius 3 is 2.59 bits per heavy atom. The number of amides is 1. The highest BCUT2D eigenvalue weighted by Gasteiger charge is 2.17. The van der Waals surface area contributed by atoms with Crippen LogP contribution in [0.15, 0.2) is 53.1 Å². The molecule has 1 atom stereocenters. The molecule has 3 rings (SSSR count). The highest BCUT2D eigenvalue weighted by atomic mass is 19.1. The van der Waals surface area contributed by atoms with Crippen molar-refractivity contribution in [2.45, 2.75) is 13.0 Å². The van der Waals surface area contributed by atoms with Crippen LogP contribution in [0.4, 0.5) is 10.1 Å². The summed E-state index contributed by atoms with van der Waals surface area (Å²) < 4.78 is 18.2. The molecule has 27 heavy (non-hydrogen) atoms. The Balaban J connectivity index is 1.55. The highest BCUT2D eigenvalue weighted by molar-refractivity contribution is 5.81. The fourth-order valence-electron chi connectivity index (χ4n) is 2.33. The van der Waals surface area contributed by atoms with Gasteiger partial charge in [-0.05, 0) is 55.5 Å². The SMILES string of the molecule is CC(NC(=O)CNc1ccc(C#N)cc1)c1nc(-c2ccc(F)cc2)no1. The second-order valence-electron chi connectivity index (χ2n) is 5.80. The molecule has 0 saturated carbocycles. The number of hydrogen-bond donors (Lipinski definition) is 2. The van der Waals surface area contributed by atoms with Gasteiger partial charge in [0.1, 0.15) is 11.9 Å². The zero-order valence-electron chi connectivity index (χ0n) is 14.4. The number of nitrogens with one attached hydrogen (secondary N) is 2. The van der Waals surface area contributed by atoms with Crippen LogP contribution in [0.25, 0.3) is 11.4 Å². The minimum atomic E-state index is -0.484. The van der Waals surface area contributed by atoms with E-state index in [9.17, 15) is 9.18 Å². The van der Waals surface area contributed by atoms with Crippen LogP contribution in [0.5, 0.6) is 0 Å². The summed E-state index contributed by atoms with van der Waals surface area (Å²) in [7, 11) is 0. The first-order chi connectivity index (χ1) is 13.0. The summed E-state index contributed by atoms with van der Waals surface area (Å²) >= 11 is 0. The molecule has 0 saturated heterocycles. The lowest BCUT2D eigenvalue weighted by Gasteiger charge is -2.11. The minimum Gasteiger partial charge on any atom is -0.376 e. The highest BCUT2D eigenvalue weighted by Crippen LogP contribution is 2.19. The number of rotatable bonds is 6. The van der Waals surface area contributed by atoms with Gasteiger partial charge < -0.3 is 15.2 Å². The van der Waals surface area contributed by atoms with Crippen LogP contribution in [-0.2, 0) is 4.79 Å². The van der Waals surface area contributed by atoms with Crippen molar-refractivity contribution in [3.05, 3.63) is 65.8 Å². The molecule has 1 unspecified atom stereocenters. The summed E-state index contributed by atoms with van der Waals surface area (Å²) in [5.74, 6) is -0.0332. The number of halogens is 1. The molecule has 0 aliphatic heterocycles. The van der Waals surface area contributed by atoms with Crippen molar-refractivity contribution < 1.29 is 13.7 Å². The molecule has 136 valence electrons. The van der Waals surface area contributed by atoms with Crippen LogP contribution in [0.2, 0.25) is 0 Å². The van der Waals surface area contributed by atoms with Gasteiger partial charge in [0.2, 0.25) is 17.6 Å². The monoisotopic (exact) mass is 365 g/mol. The van der Waals surface area contributed by atoms with Gasteiger partial charge in [0.05, 0.1) is 18.2 Å². The lowest BCUT2D eigenvalue weighted by Crippen LogP contribution is -2.32. The Labute approximate surface area is 154 Å². The van der Waals surface area contributed by atoms with Gasteiger partial charge in [-0.25, -0.2) is 4.39 Å². The number of aromatic nitrogens is 2. The van der Waals surface area contributed by atoms with E-state index in [-0.39, 0.29) is 24.2 Å². The summed E-state index contributed by atoms with van der Waals surface area (Å²) in [6.07, 6.45) is 0. The Morgan fingerprint density at radius 1 is 1.22 bits per heavy atom. The average molecular weight is 365 g/mol. The molecule has 8 heteroatoms. The van der Waals surface area contributed by atoms with Crippen molar-refractivity contribution in [1.29, 1.82) is 5.26 Å². The van der Waals surface area contributed by atoms with Crippen LogP contribution in [0.3, 0.4) is 0 Å². The smallest absolute Gasteiger partial charge is 0.249 e. The van der Waals surface area contributed by atoms with Crippen LogP contribution in [0, 0.1) is 17.1 Å². The quantitative estimate of drug-likeness (QED) is 0.696. The summed E-state index contributed by atoms with van der Waals surface area (Å²) in [6.45, 7) is 1.77. The Kier molecular flexibility index (Phi) is 5.42. The second-order valence-corrected chi connectivity index (χ2v) is 5.80. The number of hydrogen-bond acceptors (Lipinski definition) is 6. The van der Waals surface area contributed by atoms with Gasteiger partial charge in [-0.15, -0.1) is 0 Å². The first-order valence-electron chi connectivity index (χ1n) is 8.18. The largest absolute Gasteiger partial charge is 0.376 e. The zero-order valence-corrected chi connectivity index (χ0v) is 14.4. The third kappa shape index (κ3) is 4.67. The molecule has 0 fully saturated rings. The molecule has 1 aromatic heterocycles. The fraction of sp³-hybridized carbons (Fsp3) is 0.158. The fourth-order valence-corrected chi connectivity index (χ4v) is 2.33. The first kappa shape index (κ1) is 18.1. The number of benzene rings is 2. The maximum Gasteiger partial charge on any atom is 0.249 e. The molecule has 2 aromatic carbocycles. The first-order valence-corrected chi connectivity index (χ1v) is 8.18. The van der Waals surface area contributed by atoms with Crippen LogP contribution in [0.1, 0.15) is 24.4 Å². The van der Waals surface area contributed by atoms with Gasteiger partial charge in [0.15, 0.2) is 0 Å². The van der Waals surface area contributed by atoms with E-state index in [2.05, 4.69) is 20.8 Å². The van der Waals surface area contributed by atoms with E-state index in [0.29, 0.717) is 17.0 Å². The molecule has 0 spiro atoms. The Bertz CT molecular complexity index is 961. The molecule has 0 radical (unpaired) electrons. The number of nitrogens with zero attached hydrogens (tertiary/aromatic N) is 3. The van der Waals surface area contributed by atoms with Crippen LogP contribution >= 0.6 is 0 Å². The summed E-state index contributed by atoms with van der Waals surface area (Å²) in [5, 5.41) is 18.3. The number of nitriles is 1. The molecular weight excluding hydrogens is 349 g/mol. The van der Waals surface area contributed by atoms with Crippen molar-refractivity contribution in [2.24, 2.45) is 0 Å². The molecule has 0 aliphatic carbocycles. The number of carbonyl (C=O) groups excluding carboxylic acids is 1. The lowest BCUT2D eigenvalue weighted by atomic mass is 10.2. The Morgan fingerprint density at radius 2 is 1.93 bits per heavy atom. The third-order valence-electron chi connectivity index (χ3n) is 3.76. The number of anilines is 1. The van der Waals surface area contributed by atoms with Crippen molar-refractivity contribution in [3.63, 3.8) is 0 Å². The molecule has 3 aromatic rings. The topological polar surface area (TPSA) is 104 Å². The van der Waals surface area contributed by atoms with E-state index in [0.717, 1.165) is 5.69 Å². The summed E-state index contributed by atoms with van der Waals surface area (Å²) in [6, 6.07) is 14.0. The van der Waals surface area contributed by atoms with Gasteiger partial charge in [-0.3, -0.25) is 4.79 Å². The standard InChI is InChI=1S/C19H16FN5O2/c1-12(19-24-18(25-27-19)14-4-6-15(20)7-5-14)23-17(26)11-22-16-8-2-13(10-21)3-9-16/h2-9,12,22H,11H2,1H3,(H,23,26). The molecule has 1 amide bonds. The van der Waals surface area contributed by atoms with Gasteiger partial charge in [0.25, 0.3) is 0 Å². The van der Waals surface area contributed by atoms with Crippen LogP contribution < -0.4 is 10.6 Å². The van der Waals surface area contributed by atoms with E-state index in [1.54, 1.807) is 43.3 Å². The predicted molar refractivity (Wildman–Crippen MR) is 95.9 cm³/mol. The zero-order chi connectivity index (χ0) is 19.2. The maximum atomic E-state index is 13.0. The normalized spacial score (nSPS) is 11.4. The van der Waals surface area contributed by atoms with Gasteiger partial charge in [-0.1, -0.05) is 5.16 Å². The van der Waals surface area contributed by atoms with Crippen LogP contribution in [-0.4, -0.2) is 22.6 Å². The van der Waals surface area contributed by atoms with Gasteiger partial charge in [-0.2, -0.15) is 10.2 Å². The predicted octanol–water partition coefficient (Wildman–Crippen LogP) is 3.04. The maximum absolute atomic E-state index is 13.0. The van der Waals surface area contributed by atoms with Gasteiger partial charge >= 0.3 is 0 Å². The second kappa shape index (κ2) is 8.10. The summed E-state index contributed by atoms with van der Waals surface area (Å²) in [5.41, 5.74) is 1.90. The summed E-state index contributed by atoms with van der Waals surface area (Å²) in [4.78, 5) is 16.3. The molecule has 0 aliphatic rings. The van der Waals surface area contributed by atoms with Gasteiger partial charge in [0, 0.05) is 11.3 Å². The van der Waals surface area contributed by atoms with Crippen molar-refractivity contribution >= 4 is 11.6 Å². The van der Waals surface area contributed by atoms with E-state index in [4.69, 9.17) is 9.78 Å². The molecule has 0 bridgehead atoms. The molecular formula is C19H16FN5O2. The van der Waals surface area contributed by atoms with E-state index in [1.807, 2.05) is 6.07 Å². The molecule has 1 heterocycles. The average Bonchev–Trinajstić information content (AvgIpc) is 3.18.